The average molecular weight is 395 g/mol. The van der Waals surface area contributed by atoms with E-state index in [-0.39, 0.29) is 23.8 Å². The molecule has 7 nitrogen and oxygen atoms in total. The van der Waals surface area contributed by atoms with Crippen molar-refractivity contribution in [3.63, 3.8) is 0 Å². The summed E-state index contributed by atoms with van der Waals surface area (Å²) in [5, 5.41) is 8.38. The minimum absolute atomic E-state index is 0.0433. The number of ether oxygens (including phenoxy) is 1. The van der Waals surface area contributed by atoms with E-state index in [9.17, 15) is 14.4 Å². The molecule has 3 amide bonds. The van der Waals surface area contributed by atoms with Crippen molar-refractivity contribution in [2.75, 3.05) is 23.8 Å². The fourth-order valence-corrected chi connectivity index (χ4v) is 3.08. The van der Waals surface area contributed by atoms with E-state index in [2.05, 4.69) is 16.0 Å². The maximum Gasteiger partial charge on any atom is 0.255 e. The second kappa shape index (κ2) is 9.84. The average Bonchev–Trinajstić information content (AvgIpc) is 3.26. The first kappa shape index (κ1) is 20.5. The highest BCUT2D eigenvalue weighted by Crippen LogP contribution is 2.18. The molecule has 0 radical (unpaired) electrons. The number of para-hydroxylation sites is 1. The summed E-state index contributed by atoms with van der Waals surface area (Å²) >= 11 is 0. The van der Waals surface area contributed by atoms with Crippen LogP contribution in [0.4, 0.5) is 11.4 Å². The van der Waals surface area contributed by atoms with Crippen molar-refractivity contribution in [1.82, 2.24) is 5.32 Å². The van der Waals surface area contributed by atoms with Gasteiger partial charge in [0, 0.05) is 30.8 Å². The third-order valence-corrected chi connectivity index (χ3v) is 4.66. The molecular formula is C22H25N3O4. The number of carbonyl (C=O) groups is 3. The van der Waals surface area contributed by atoms with Gasteiger partial charge in [-0.2, -0.15) is 0 Å². The van der Waals surface area contributed by atoms with E-state index in [1.807, 2.05) is 0 Å². The van der Waals surface area contributed by atoms with E-state index in [1.165, 1.54) is 0 Å². The van der Waals surface area contributed by atoms with Crippen LogP contribution in [0.3, 0.4) is 0 Å². The molecule has 2 aromatic carbocycles. The molecule has 1 atom stereocenters. The lowest BCUT2D eigenvalue weighted by atomic mass is 10.1. The van der Waals surface area contributed by atoms with E-state index in [0.29, 0.717) is 35.5 Å². The lowest BCUT2D eigenvalue weighted by Crippen LogP contribution is -2.32. The Kier molecular flexibility index (Phi) is 6.97. The van der Waals surface area contributed by atoms with Crippen LogP contribution < -0.4 is 16.0 Å². The summed E-state index contributed by atoms with van der Waals surface area (Å²) in [6, 6.07) is 13.5. The molecule has 0 aliphatic carbocycles. The van der Waals surface area contributed by atoms with Crippen molar-refractivity contribution in [2.24, 2.45) is 0 Å². The van der Waals surface area contributed by atoms with Gasteiger partial charge < -0.3 is 20.7 Å². The molecular weight excluding hydrogens is 370 g/mol. The molecule has 0 bridgehead atoms. The van der Waals surface area contributed by atoms with Crippen LogP contribution in [-0.2, 0) is 9.53 Å². The van der Waals surface area contributed by atoms with Gasteiger partial charge in [0.25, 0.3) is 11.8 Å². The van der Waals surface area contributed by atoms with Crippen LogP contribution in [0.5, 0.6) is 0 Å². The zero-order chi connectivity index (χ0) is 20.6. The van der Waals surface area contributed by atoms with Crippen LogP contribution in [0.1, 0.15) is 46.9 Å². The van der Waals surface area contributed by atoms with Crippen molar-refractivity contribution < 1.29 is 19.1 Å². The minimum Gasteiger partial charge on any atom is -0.376 e. The van der Waals surface area contributed by atoms with Gasteiger partial charge in [0.2, 0.25) is 5.91 Å². The van der Waals surface area contributed by atoms with Crippen molar-refractivity contribution in [2.45, 2.75) is 32.3 Å². The van der Waals surface area contributed by atoms with Gasteiger partial charge in [-0.15, -0.1) is 0 Å². The highest BCUT2D eigenvalue weighted by Gasteiger charge is 2.19. The predicted octanol–water partition coefficient (Wildman–Crippen LogP) is 3.20. The van der Waals surface area contributed by atoms with Crippen LogP contribution in [0, 0.1) is 0 Å². The van der Waals surface area contributed by atoms with Crippen LogP contribution >= 0.6 is 0 Å². The molecule has 152 valence electrons. The second-order valence-corrected chi connectivity index (χ2v) is 6.83. The van der Waals surface area contributed by atoms with Gasteiger partial charge >= 0.3 is 0 Å². The number of hydrogen-bond acceptors (Lipinski definition) is 4. The highest BCUT2D eigenvalue weighted by molar-refractivity contribution is 6.09. The Hall–Kier alpha value is -3.19. The first-order valence-electron chi connectivity index (χ1n) is 9.77. The van der Waals surface area contributed by atoms with Crippen molar-refractivity contribution in [1.29, 1.82) is 0 Å². The molecule has 1 fully saturated rings. The van der Waals surface area contributed by atoms with Crippen molar-refractivity contribution in [3.05, 3.63) is 59.7 Å². The topological polar surface area (TPSA) is 96.5 Å². The van der Waals surface area contributed by atoms with Gasteiger partial charge in [-0.25, -0.2) is 0 Å². The minimum atomic E-state index is -0.364. The number of hydrogen-bond donors (Lipinski definition) is 3. The summed E-state index contributed by atoms with van der Waals surface area (Å²) in [4.78, 5) is 36.8. The summed E-state index contributed by atoms with van der Waals surface area (Å²) in [5.41, 5.74) is 1.74. The Morgan fingerprint density at radius 2 is 1.86 bits per heavy atom. The van der Waals surface area contributed by atoms with Gasteiger partial charge in [0.05, 0.1) is 17.4 Å². The van der Waals surface area contributed by atoms with Crippen molar-refractivity contribution >= 4 is 29.1 Å². The summed E-state index contributed by atoms with van der Waals surface area (Å²) < 4.78 is 5.52. The lowest BCUT2D eigenvalue weighted by Gasteiger charge is -2.14. The number of anilines is 2. The SMILES string of the molecule is CCC(=O)Nc1cccc(C(=O)Nc2ccccc2C(=O)NCC2CCCO2)c1. The van der Waals surface area contributed by atoms with Crippen LogP contribution in [0.2, 0.25) is 0 Å². The Morgan fingerprint density at radius 1 is 1.03 bits per heavy atom. The van der Waals surface area contributed by atoms with E-state index < -0.39 is 0 Å². The molecule has 1 aliphatic rings. The maximum atomic E-state index is 12.7. The summed E-state index contributed by atoms with van der Waals surface area (Å²) in [7, 11) is 0. The molecule has 1 saturated heterocycles. The summed E-state index contributed by atoms with van der Waals surface area (Å²) in [6.45, 7) is 2.93. The molecule has 2 aromatic rings. The van der Waals surface area contributed by atoms with Crippen LogP contribution in [0.25, 0.3) is 0 Å². The molecule has 1 heterocycles. The van der Waals surface area contributed by atoms with E-state index in [1.54, 1.807) is 55.5 Å². The zero-order valence-corrected chi connectivity index (χ0v) is 16.4. The number of benzene rings is 2. The highest BCUT2D eigenvalue weighted by atomic mass is 16.5. The van der Waals surface area contributed by atoms with Gasteiger partial charge in [-0.05, 0) is 43.2 Å². The second-order valence-electron chi connectivity index (χ2n) is 6.83. The molecule has 0 spiro atoms. The molecule has 3 N–H and O–H groups in total. The summed E-state index contributed by atoms with van der Waals surface area (Å²) in [5.74, 6) is -0.756. The standard InChI is InChI=1S/C22H25N3O4/c1-2-20(26)24-16-8-5-7-15(13-16)21(27)25-19-11-4-3-10-18(19)22(28)23-14-17-9-6-12-29-17/h3-5,7-8,10-11,13,17H,2,6,9,12,14H2,1H3,(H,23,28)(H,24,26)(H,25,27). The molecule has 0 aromatic heterocycles. The largest absolute Gasteiger partial charge is 0.376 e. The number of rotatable bonds is 7. The van der Waals surface area contributed by atoms with E-state index in [4.69, 9.17) is 4.74 Å². The van der Waals surface area contributed by atoms with Gasteiger partial charge in [-0.1, -0.05) is 25.1 Å². The third-order valence-electron chi connectivity index (χ3n) is 4.66. The number of nitrogens with one attached hydrogen (secondary N) is 3. The maximum absolute atomic E-state index is 12.7. The van der Waals surface area contributed by atoms with Crippen LogP contribution in [-0.4, -0.2) is 37.0 Å². The Bertz CT molecular complexity index is 891. The first-order chi connectivity index (χ1) is 14.1. The van der Waals surface area contributed by atoms with Crippen LogP contribution in [0.15, 0.2) is 48.5 Å². The van der Waals surface area contributed by atoms with E-state index >= 15 is 0 Å². The molecule has 1 unspecified atom stereocenters. The first-order valence-corrected chi connectivity index (χ1v) is 9.77. The quantitative estimate of drug-likeness (QED) is 0.671. The number of amides is 3. The Labute approximate surface area is 169 Å². The monoisotopic (exact) mass is 395 g/mol. The fraction of sp³-hybridized carbons (Fsp3) is 0.318. The Morgan fingerprint density at radius 3 is 2.62 bits per heavy atom. The molecule has 1 aliphatic heterocycles. The normalized spacial score (nSPS) is 15.6. The fourth-order valence-electron chi connectivity index (χ4n) is 3.08. The predicted molar refractivity (Wildman–Crippen MR) is 111 cm³/mol. The van der Waals surface area contributed by atoms with Gasteiger partial charge in [0.15, 0.2) is 0 Å². The van der Waals surface area contributed by atoms with E-state index in [0.717, 1.165) is 19.4 Å². The third kappa shape index (κ3) is 5.65. The zero-order valence-electron chi connectivity index (χ0n) is 16.4. The summed E-state index contributed by atoms with van der Waals surface area (Å²) in [6.07, 6.45) is 2.33. The smallest absolute Gasteiger partial charge is 0.255 e. The van der Waals surface area contributed by atoms with Crippen molar-refractivity contribution in [3.8, 4) is 0 Å². The number of carbonyl (C=O) groups excluding carboxylic acids is 3. The van der Waals surface area contributed by atoms with Gasteiger partial charge in [-0.3, -0.25) is 14.4 Å². The molecule has 0 saturated carbocycles. The molecule has 3 rings (SSSR count). The molecule has 7 heteroatoms. The Balaban J connectivity index is 1.68. The lowest BCUT2D eigenvalue weighted by molar-refractivity contribution is -0.115. The molecule has 29 heavy (non-hydrogen) atoms. The van der Waals surface area contributed by atoms with Gasteiger partial charge in [0.1, 0.15) is 0 Å².